The second kappa shape index (κ2) is 6.10. The van der Waals surface area contributed by atoms with Crippen molar-refractivity contribution in [2.75, 3.05) is 5.73 Å². The molecule has 2 N–H and O–H groups in total. The van der Waals surface area contributed by atoms with Gasteiger partial charge in [0, 0.05) is 11.1 Å². The van der Waals surface area contributed by atoms with Gasteiger partial charge in [0.05, 0.1) is 0 Å². The lowest BCUT2D eigenvalue weighted by molar-refractivity contribution is 0.663. The normalized spacial score (nSPS) is 13.8. The van der Waals surface area contributed by atoms with Gasteiger partial charge in [0.2, 0.25) is 0 Å². The average Bonchev–Trinajstić information content (AvgIpc) is 2.98. The molecule has 1 heteroatoms. The number of fused-ring (bicyclic) bond motifs is 3. The van der Waals surface area contributed by atoms with Gasteiger partial charge in [-0.3, -0.25) is 0 Å². The highest BCUT2D eigenvalue weighted by molar-refractivity contribution is 5.95. The van der Waals surface area contributed by atoms with Crippen molar-refractivity contribution in [1.29, 1.82) is 0 Å². The van der Waals surface area contributed by atoms with E-state index < -0.39 is 0 Å². The molecule has 0 saturated carbocycles. The third-order valence-electron chi connectivity index (χ3n) is 6.04. The third-order valence-corrected chi connectivity index (χ3v) is 6.04. The minimum Gasteiger partial charge on any atom is -0.398 e. The maximum Gasteiger partial charge on any atom is 0.0362 e. The fourth-order valence-corrected chi connectivity index (χ4v) is 4.67. The maximum atomic E-state index is 6.47. The van der Waals surface area contributed by atoms with Gasteiger partial charge in [-0.1, -0.05) is 98.8 Å². The van der Waals surface area contributed by atoms with Crippen LogP contribution in [0.15, 0.2) is 91.0 Å². The van der Waals surface area contributed by atoms with Crippen molar-refractivity contribution in [2.24, 2.45) is 0 Å². The summed E-state index contributed by atoms with van der Waals surface area (Å²) in [5.41, 5.74) is 17.4. The van der Waals surface area contributed by atoms with Gasteiger partial charge in [0.15, 0.2) is 0 Å². The van der Waals surface area contributed by atoms with Gasteiger partial charge in [0.1, 0.15) is 0 Å². The highest BCUT2D eigenvalue weighted by Gasteiger charge is 2.38. The summed E-state index contributed by atoms with van der Waals surface area (Å²) in [6.45, 7) is 4.55. The van der Waals surface area contributed by atoms with Crippen molar-refractivity contribution in [3.05, 3.63) is 102 Å². The zero-order valence-electron chi connectivity index (χ0n) is 16.2. The van der Waals surface area contributed by atoms with Gasteiger partial charge in [-0.25, -0.2) is 0 Å². The van der Waals surface area contributed by atoms with Gasteiger partial charge < -0.3 is 5.73 Å². The molecule has 1 aliphatic rings. The summed E-state index contributed by atoms with van der Waals surface area (Å²) >= 11 is 0. The molecule has 4 aromatic rings. The molecular formula is C27H23N. The van der Waals surface area contributed by atoms with Crippen LogP contribution in [0.5, 0.6) is 0 Å². The molecule has 0 amide bonds. The summed E-state index contributed by atoms with van der Waals surface area (Å²) in [4.78, 5) is 0. The van der Waals surface area contributed by atoms with Crippen LogP contribution < -0.4 is 5.73 Å². The van der Waals surface area contributed by atoms with Gasteiger partial charge in [-0.15, -0.1) is 0 Å². The molecule has 1 nitrogen and oxygen atoms in total. The highest BCUT2D eigenvalue weighted by atomic mass is 14.6. The predicted molar refractivity (Wildman–Crippen MR) is 119 cm³/mol. The maximum absolute atomic E-state index is 6.47. The second-order valence-corrected chi connectivity index (χ2v) is 8.07. The van der Waals surface area contributed by atoms with Gasteiger partial charge in [-0.2, -0.15) is 0 Å². The Balaban J connectivity index is 1.69. The first-order valence-electron chi connectivity index (χ1n) is 9.76. The molecule has 0 spiro atoms. The van der Waals surface area contributed by atoms with E-state index in [9.17, 15) is 0 Å². The lowest BCUT2D eigenvalue weighted by Gasteiger charge is -2.23. The fourth-order valence-electron chi connectivity index (χ4n) is 4.67. The number of anilines is 1. The molecule has 0 saturated heterocycles. The van der Waals surface area contributed by atoms with Crippen molar-refractivity contribution in [1.82, 2.24) is 0 Å². The fraction of sp³-hybridized carbons (Fsp3) is 0.111. The SMILES string of the molecule is CC1(C)c2ccccc2-c2c(-c3ccc(-c4ccccc4)cc3)ccc(N)c21. The molecule has 1 aliphatic carbocycles. The predicted octanol–water partition coefficient (Wildman–Crippen LogP) is 6.91. The summed E-state index contributed by atoms with van der Waals surface area (Å²) in [7, 11) is 0. The van der Waals surface area contributed by atoms with Crippen molar-refractivity contribution in [3.63, 3.8) is 0 Å². The van der Waals surface area contributed by atoms with Crippen LogP contribution in [0, 0.1) is 0 Å². The summed E-state index contributed by atoms with van der Waals surface area (Å²) < 4.78 is 0. The summed E-state index contributed by atoms with van der Waals surface area (Å²) in [6.07, 6.45) is 0. The first kappa shape index (κ1) is 16.8. The standard InChI is InChI=1S/C27H23N/c1-27(2)23-11-7-6-10-22(23)25-21(16-17-24(28)26(25)27)20-14-12-19(13-15-20)18-8-4-3-5-9-18/h3-17H,28H2,1-2H3. The molecule has 136 valence electrons. The van der Waals surface area contributed by atoms with E-state index in [0.717, 1.165) is 5.69 Å². The van der Waals surface area contributed by atoms with Crippen LogP contribution in [0.1, 0.15) is 25.0 Å². The molecule has 4 aromatic carbocycles. The van der Waals surface area contributed by atoms with Crippen LogP contribution >= 0.6 is 0 Å². The Hall–Kier alpha value is -3.32. The Morgan fingerprint density at radius 3 is 1.93 bits per heavy atom. The van der Waals surface area contributed by atoms with Crippen molar-refractivity contribution in [2.45, 2.75) is 19.3 Å². The molecule has 0 radical (unpaired) electrons. The molecule has 0 heterocycles. The molecule has 0 bridgehead atoms. The van der Waals surface area contributed by atoms with Crippen molar-refractivity contribution >= 4 is 5.69 Å². The minimum absolute atomic E-state index is 0.0873. The van der Waals surface area contributed by atoms with E-state index >= 15 is 0 Å². The molecule has 5 rings (SSSR count). The van der Waals surface area contributed by atoms with Crippen LogP contribution in [-0.2, 0) is 5.41 Å². The molecule has 0 atom stereocenters. The number of nitrogens with two attached hydrogens (primary N) is 1. The Morgan fingerprint density at radius 1 is 0.571 bits per heavy atom. The topological polar surface area (TPSA) is 26.0 Å². The Labute approximate surface area is 166 Å². The molecular weight excluding hydrogens is 338 g/mol. The van der Waals surface area contributed by atoms with E-state index in [-0.39, 0.29) is 5.41 Å². The average molecular weight is 361 g/mol. The Morgan fingerprint density at radius 2 is 1.18 bits per heavy atom. The van der Waals surface area contributed by atoms with E-state index in [0.29, 0.717) is 0 Å². The number of hydrogen-bond donors (Lipinski definition) is 1. The van der Waals surface area contributed by atoms with Gasteiger partial charge in [-0.05, 0) is 50.6 Å². The van der Waals surface area contributed by atoms with E-state index in [2.05, 4.69) is 105 Å². The zero-order valence-corrected chi connectivity index (χ0v) is 16.2. The quantitative estimate of drug-likeness (QED) is 0.386. The van der Waals surface area contributed by atoms with E-state index in [4.69, 9.17) is 5.73 Å². The molecule has 0 unspecified atom stereocenters. The van der Waals surface area contributed by atoms with Crippen LogP contribution in [0.3, 0.4) is 0 Å². The van der Waals surface area contributed by atoms with Crippen LogP contribution in [0.2, 0.25) is 0 Å². The summed E-state index contributed by atoms with van der Waals surface area (Å²) in [5.74, 6) is 0. The van der Waals surface area contributed by atoms with Crippen LogP contribution in [0.4, 0.5) is 5.69 Å². The van der Waals surface area contributed by atoms with Gasteiger partial charge in [0.25, 0.3) is 0 Å². The van der Waals surface area contributed by atoms with Crippen LogP contribution in [-0.4, -0.2) is 0 Å². The monoisotopic (exact) mass is 361 g/mol. The van der Waals surface area contributed by atoms with Crippen molar-refractivity contribution < 1.29 is 0 Å². The molecule has 0 aliphatic heterocycles. The summed E-state index contributed by atoms with van der Waals surface area (Å²) in [5, 5.41) is 0. The number of benzene rings is 4. The number of hydrogen-bond acceptors (Lipinski definition) is 1. The van der Waals surface area contributed by atoms with E-state index in [1.165, 1.54) is 44.5 Å². The van der Waals surface area contributed by atoms with Crippen LogP contribution in [0.25, 0.3) is 33.4 Å². The first-order chi connectivity index (χ1) is 13.6. The van der Waals surface area contributed by atoms with Crippen molar-refractivity contribution in [3.8, 4) is 33.4 Å². The highest BCUT2D eigenvalue weighted by Crippen LogP contribution is 2.54. The molecule has 0 aromatic heterocycles. The van der Waals surface area contributed by atoms with E-state index in [1.807, 2.05) is 0 Å². The zero-order chi connectivity index (χ0) is 19.3. The lowest BCUT2D eigenvalue weighted by Crippen LogP contribution is -2.17. The first-order valence-corrected chi connectivity index (χ1v) is 9.76. The van der Waals surface area contributed by atoms with E-state index in [1.54, 1.807) is 0 Å². The third kappa shape index (κ3) is 2.40. The van der Waals surface area contributed by atoms with Gasteiger partial charge >= 0.3 is 0 Å². The molecule has 0 fully saturated rings. The largest absolute Gasteiger partial charge is 0.398 e. The minimum atomic E-state index is -0.0873. The summed E-state index contributed by atoms with van der Waals surface area (Å²) in [6, 6.07) is 32.3. The molecule has 28 heavy (non-hydrogen) atoms. The smallest absolute Gasteiger partial charge is 0.0362 e. The second-order valence-electron chi connectivity index (χ2n) is 8.07. The Kier molecular flexibility index (Phi) is 3.67. The lowest BCUT2D eigenvalue weighted by atomic mass is 9.81. The Bertz CT molecular complexity index is 1170. The number of rotatable bonds is 2. The number of nitrogen functional groups attached to an aromatic ring is 1.